The maximum Gasteiger partial charge on any atom is 0.164 e. The van der Waals surface area contributed by atoms with E-state index in [4.69, 9.17) is 5.11 Å². The van der Waals surface area contributed by atoms with Crippen molar-refractivity contribution in [1.29, 1.82) is 0 Å². The number of rotatable bonds is 17. The van der Waals surface area contributed by atoms with E-state index in [1.807, 2.05) is 0 Å². The lowest BCUT2D eigenvalue weighted by Crippen LogP contribution is -2.36. The summed E-state index contributed by atoms with van der Waals surface area (Å²) >= 11 is 0. The second-order valence-corrected chi connectivity index (χ2v) is 6.64. The van der Waals surface area contributed by atoms with Crippen molar-refractivity contribution >= 4 is 5.78 Å². The highest BCUT2D eigenvalue weighted by Gasteiger charge is 2.22. The standard InChI is InChI=1S/C21H38O4/c1-2-3-4-5-6-7-8-9-10-11-12-13-14-15-16-17-19(23)21(25)20(24)18-22/h6-7,9-10,20-22,24-25H,2-5,8,11-18H2,1H3/b7-6-,10-9-/t20-,21?/m1/s1. The van der Waals surface area contributed by atoms with Crippen LogP contribution in [0.5, 0.6) is 0 Å². The Morgan fingerprint density at radius 1 is 0.840 bits per heavy atom. The molecule has 4 heteroatoms. The number of aliphatic hydroxyl groups excluding tert-OH is 3. The summed E-state index contributed by atoms with van der Waals surface area (Å²) in [5, 5.41) is 27.3. The van der Waals surface area contributed by atoms with E-state index in [9.17, 15) is 15.0 Å². The highest BCUT2D eigenvalue weighted by atomic mass is 16.4. The lowest BCUT2D eigenvalue weighted by atomic mass is 10.0. The van der Waals surface area contributed by atoms with Gasteiger partial charge in [0, 0.05) is 6.42 Å². The zero-order valence-electron chi connectivity index (χ0n) is 15.9. The predicted octanol–water partition coefficient (Wildman–Crippen LogP) is 4.08. The molecule has 0 aromatic heterocycles. The Balaban J connectivity index is 3.41. The van der Waals surface area contributed by atoms with Gasteiger partial charge in [-0.05, 0) is 38.5 Å². The number of allylic oxidation sites excluding steroid dienone is 4. The van der Waals surface area contributed by atoms with Gasteiger partial charge in [-0.2, -0.15) is 0 Å². The average molecular weight is 355 g/mol. The Labute approximate surface area is 153 Å². The molecule has 0 aliphatic carbocycles. The number of unbranched alkanes of at least 4 members (excludes halogenated alkanes) is 8. The second-order valence-electron chi connectivity index (χ2n) is 6.64. The minimum Gasteiger partial charge on any atom is -0.394 e. The predicted molar refractivity (Wildman–Crippen MR) is 103 cm³/mol. The van der Waals surface area contributed by atoms with Crippen LogP contribution in [0.25, 0.3) is 0 Å². The molecular weight excluding hydrogens is 316 g/mol. The first-order valence-electron chi connectivity index (χ1n) is 9.93. The first kappa shape index (κ1) is 24.0. The number of aliphatic hydroxyl groups is 3. The minimum absolute atomic E-state index is 0.267. The van der Waals surface area contributed by atoms with Crippen LogP contribution in [0, 0.1) is 0 Å². The SMILES string of the molecule is CCCCC/C=C\C/C=C\CCCCCCCC(=O)C(O)[C@H](O)CO. The Morgan fingerprint density at radius 2 is 1.40 bits per heavy atom. The van der Waals surface area contributed by atoms with E-state index in [2.05, 4.69) is 31.2 Å². The molecular formula is C21H38O4. The molecule has 4 nitrogen and oxygen atoms in total. The van der Waals surface area contributed by atoms with E-state index in [1.165, 1.54) is 25.7 Å². The first-order chi connectivity index (χ1) is 12.1. The van der Waals surface area contributed by atoms with Crippen LogP contribution in [0.15, 0.2) is 24.3 Å². The molecule has 0 spiro atoms. The van der Waals surface area contributed by atoms with Gasteiger partial charge in [0.1, 0.15) is 12.2 Å². The van der Waals surface area contributed by atoms with E-state index >= 15 is 0 Å². The van der Waals surface area contributed by atoms with Crippen LogP contribution in [-0.2, 0) is 4.79 Å². The fourth-order valence-electron chi connectivity index (χ4n) is 2.57. The fraction of sp³-hybridized carbons (Fsp3) is 0.762. The molecule has 146 valence electrons. The van der Waals surface area contributed by atoms with Crippen LogP contribution >= 0.6 is 0 Å². The molecule has 0 bridgehead atoms. The van der Waals surface area contributed by atoms with Gasteiger partial charge in [0.25, 0.3) is 0 Å². The van der Waals surface area contributed by atoms with Crippen LogP contribution in [0.1, 0.15) is 84.0 Å². The van der Waals surface area contributed by atoms with Gasteiger partial charge in [-0.25, -0.2) is 0 Å². The zero-order valence-corrected chi connectivity index (χ0v) is 15.9. The fourth-order valence-corrected chi connectivity index (χ4v) is 2.57. The Kier molecular flexibility index (Phi) is 17.1. The van der Waals surface area contributed by atoms with Crippen molar-refractivity contribution in [3.8, 4) is 0 Å². The van der Waals surface area contributed by atoms with Crippen LogP contribution in [0.3, 0.4) is 0 Å². The first-order valence-corrected chi connectivity index (χ1v) is 9.93. The lowest BCUT2D eigenvalue weighted by Gasteiger charge is -2.13. The van der Waals surface area contributed by atoms with Gasteiger partial charge in [0.15, 0.2) is 5.78 Å². The van der Waals surface area contributed by atoms with E-state index in [1.54, 1.807) is 0 Å². The van der Waals surface area contributed by atoms with E-state index in [-0.39, 0.29) is 12.2 Å². The Morgan fingerprint density at radius 3 is 2.00 bits per heavy atom. The maximum absolute atomic E-state index is 11.5. The second kappa shape index (κ2) is 17.8. The summed E-state index contributed by atoms with van der Waals surface area (Å²) in [7, 11) is 0. The molecule has 3 N–H and O–H groups in total. The van der Waals surface area contributed by atoms with Crippen molar-refractivity contribution < 1.29 is 20.1 Å². The molecule has 0 rings (SSSR count). The number of hydrogen-bond donors (Lipinski definition) is 3. The van der Waals surface area contributed by atoms with Gasteiger partial charge in [-0.1, -0.05) is 63.3 Å². The smallest absolute Gasteiger partial charge is 0.164 e. The van der Waals surface area contributed by atoms with E-state index in [0.29, 0.717) is 0 Å². The molecule has 0 fully saturated rings. The van der Waals surface area contributed by atoms with Crippen molar-refractivity contribution in [2.24, 2.45) is 0 Å². The highest BCUT2D eigenvalue weighted by Crippen LogP contribution is 2.10. The van der Waals surface area contributed by atoms with E-state index in [0.717, 1.165) is 44.9 Å². The topological polar surface area (TPSA) is 77.8 Å². The summed E-state index contributed by atoms with van der Waals surface area (Å²) in [4.78, 5) is 11.5. The maximum atomic E-state index is 11.5. The van der Waals surface area contributed by atoms with Gasteiger partial charge in [0.2, 0.25) is 0 Å². The van der Waals surface area contributed by atoms with Gasteiger partial charge >= 0.3 is 0 Å². The monoisotopic (exact) mass is 354 g/mol. The average Bonchev–Trinajstić information content (AvgIpc) is 2.63. The van der Waals surface area contributed by atoms with Gasteiger partial charge in [-0.15, -0.1) is 0 Å². The third-order valence-corrected chi connectivity index (χ3v) is 4.26. The van der Waals surface area contributed by atoms with Crippen LogP contribution in [0.2, 0.25) is 0 Å². The van der Waals surface area contributed by atoms with Crippen molar-refractivity contribution in [1.82, 2.24) is 0 Å². The van der Waals surface area contributed by atoms with Crippen molar-refractivity contribution in [2.45, 2.75) is 96.2 Å². The summed E-state index contributed by atoms with van der Waals surface area (Å²) in [6.07, 6.45) is 18.7. The molecule has 25 heavy (non-hydrogen) atoms. The largest absolute Gasteiger partial charge is 0.394 e. The molecule has 0 aliphatic rings. The van der Waals surface area contributed by atoms with Crippen molar-refractivity contribution in [2.75, 3.05) is 6.61 Å². The van der Waals surface area contributed by atoms with Crippen LogP contribution < -0.4 is 0 Å². The van der Waals surface area contributed by atoms with Crippen LogP contribution in [0.4, 0.5) is 0 Å². The Hall–Kier alpha value is -0.970. The number of Topliss-reactive ketones (excluding diaryl/α,β-unsaturated/α-hetero) is 1. The normalized spacial score (nSPS) is 14.4. The van der Waals surface area contributed by atoms with Gasteiger partial charge in [0.05, 0.1) is 6.61 Å². The lowest BCUT2D eigenvalue weighted by molar-refractivity contribution is -0.134. The minimum atomic E-state index is -1.45. The number of ketones is 1. The molecule has 0 heterocycles. The van der Waals surface area contributed by atoms with E-state index < -0.39 is 18.8 Å². The summed E-state index contributed by atoms with van der Waals surface area (Å²) in [6, 6.07) is 0. The number of carbonyl (C=O) groups excluding carboxylic acids is 1. The zero-order chi connectivity index (χ0) is 18.8. The number of hydrogen-bond acceptors (Lipinski definition) is 4. The molecule has 0 aromatic carbocycles. The van der Waals surface area contributed by atoms with Crippen LogP contribution in [-0.4, -0.2) is 39.9 Å². The van der Waals surface area contributed by atoms with Gasteiger partial charge in [-0.3, -0.25) is 4.79 Å². The van der Waals surface area contributed by atoms with Gasteiger partial charge < -0.3 is 15.3 Å². The summed E-state index contributed by atoms with van der Waals surface area (Å²) in [5.74, 6) is -0.382. The molecule has 0 aromatic rings. The summed E-state index contributed by atoms with van der Waals surface area (Å²) < 4.78 is 0. The highest BCUT2D eigenvalue weighted by molar-refractivity contribution is 5.83. The van der Waals surface area contributed by atoms with Crippen molar-refractivity contribution in [3.05, 3.63) is 24.3 Å². The quantitative estimate of drug-likeness (QED) is 0.272. The molecule has 0 amide bonds. The third-order valence-electron chi connectivity index (χ3n) is 4.26. The number of carbonyl (C=O) groups is 1. The molecule has 0 saturated heterocycles. The molecule has 1 unspecified atom stereocenters. The molecule has 0 aliphatic heterocycles. The third kappa shape index (κ3) is 15.0. The summed E-state index contributed by atoms with van der Waals surface area (Å²) in [5.41, 5.74) is 0. The van der Waals surface area contributed by atoms with Crippen molar-refractivity contribution in [3.63, 3.8) is 0 Å². The molecule has 0 saturated carbocycles. The summed E-state index contributed by atoms with van der Waals surface area (Å²) in [6.45, 7) is 1.63. The molecule has 0 radical (unpaired) electrons. The molecule has 2 atom stereocenters. The Bertz CT molecular complexity index is 363.